The van der Waals surface area contributed by atoms with E-state index in [0.29, 0.717) is 5.56 Å². The summed E-state index contributed by atoms with van der Waals surface area (Å²) in [4.78, 5) is 10.7. The van der Waals surface area contributed by atoms with Gasteiger partial charge in [0.15, 0.2) is 11.5 Å². The number of carboxylic acids is 1. The van der Waals surface area contributed by atoms with E-state index >= 15 is 0 Å². The second-order valence-corrected chi connectivity index (χ2v) is 3.30. The van der Waals surface area contributed by atoms with Crippen LogP contribution in [0.2, 0.25) is 0 Å². The number of carboxylic acid groups (broad SMARTS) is 1. The molecule has 0 aliphatic rings. The summed E-state index contributed by atoms with van der Waals surface area (Å²) in [5.74, 6) is -2.12. The lowest BCUT2D eigenvalue weighted by molar-refractivity contribution is -0.141. The van der Waals surface area contributed by atoms with Gasteiger partial charge in [0.05, 0.1) is 5.92 Å². The van der Waals surface area contributed by atoms with Crippen molar-refractivity contribution >= 4 is 18.4 Å². The molecule has 5 N–H and O–H groups in total. The molecule has 16 heavy (non-hydrogen) atoms. The Morgan fingerprint density at radius 2 is 1.94 bits per heavy atom. The lowest BCUT2D eigenvalue weighted by atomic mass is 9.99. The number of nitrogens with two attached hydrogens (primary N) is 1. The zero-order valence-corrected chi connectivity index (χ0v) is 9.28. The van der Waals surface area contributed by atoms with Gasteiger partial charge in [-0.05, 0) is 24.1 Å². The van der Waals surface area contributed by atoms with Crippen LogP contribution in [0.25, 0.3) is 0 Å². The highest BCUT2D eigenvalue weighted by Crippen LogP contribution is 2.25. The molecule has 0 aliphatic heterocycles. The van der Waals surface area contributed by atoms with Crippen LogP contribution >= 0.6 is 12.4 Å². The van der Waals surface area contributed by atoms with Crippen LogP contribution in [0.4, 0.5) is 0 Å². The molecule has 6 heteroatoms. The van der Waals surface area contributed by atoms with E-state index in [-0.39, 0.29) is 36.9 Å². The van der Waals surface area contributed by atoms with E-state index in [2.05, 4.69) is 0 Å². The van der Waals surface area contributed by atoms with Crippen LogP contribution in [0.1, 0.15) is 5.56 Å². The molecule has 90 valence electrons. The minimum atomic E-state index is -0.968. The number of phenols is 2. The highest BCUT2D eigenvalue weighted by molar-refractivity contribution is 5.85. The van der Waals surface area contributed by atoms with Crippen molar-refractivity contribution in [3.63, 3.8) is 0 Å². The van der Waals surface area contributed by atoms with E-state index in [9.17, 15) is 9.90 Å². The molecule has 1 rings (SSSR count). The van der Waals surface area contributed by atoms with Crippen molar-refractivity contribution in [1.29, 1.82) is 0 Å². The standard InChI is InChI=1S/C10H13NO4.ClH/c11-5-7(10(14)15)3-6-1-2-8(12)9(13)4-6;/h1-2,4,7,12-13H,3,5,11H2,(H,14,15);1H/t7-;/m1./s1. The van der Waals surface area contributed by atoms with E-state index in [4.69, 9.17) is 15.9 Å². The van der Waals surface area contributed by atoms with Crippen LogP contribution in [0.5, 0.6) is 11.5 Å². The van der Waals surface area contributed by atoms with Gasteiger partial charge in [0.25, 0.3) is 0 Å². The normalized spacial score (nSPS) is 11.6. The molecule has 5 nitrogen and oxygen atoms in total. The predicted molar refractivity (Wildman–Crippen MR) is 60.9 cm³/mol. The van der Waals surface area contributed by atoms with Gasteiger partial charge < -0.3 is 21.1 Å². The minimum Gasteiger partial charge on any atom is -0.504 e. The molecular formula is C10H14ClNO4. The average molecular weight is 248 g/mol. The van der Waals surface area contributed by atoms with Gasteiger partial charge in [0.1, 0.15) is 0 Å². The van der Waals surface area contributed by atoms with Crippen molar-refractivity contribution in [3.8, 4) is 11.5 Å². The molecule has 0 bridgehead atoms. The topological polar surface area (TPSA) is 104 Å². The highest BCUT2D eigenvalue weighted by Gasteiger charge is 2.16. The number of benzene rings is 1. The first-order valence-electron chi connectivity index (χ1n) is 4.48. The Kier molecular flexibility index (Phi) is 5.63. The van der Waals surface area contributed by atoms with E-state index in [1.807, 2.05) is 0 Å². The molecule has 0 fully saturated rings. The third kappa shape index (κ3) is 3.60. The molecule has 0 saturated heterocycles. The molecular weight excluding hydrogens is 234 g/mol. The van der Waals surface area contributed by atoms with E-state index in [1.54, 1.807) is 6.07 Å². The summed E-state index contributed by atoms with van der Waals surface area (Å²) >= 11 is 0. The third-order valence-electron chi connectivity index (χ3n) is 2.16. The Balaban J connectivity index is 0.00000225. The van der Waals surface area contributed by atoms with Gasteiger partial charge in [0, 0.05) is 6.54 Å². The van der Waals surface area contributed by atoms with E-state index < -0.39 is 11.9 Å². The minimum absolute atomic E-state index is 0. The van der Waals surface area contributed by atoms with Gasteiger partial charge in [-0.1, -0.05) is 6.07 Å². The molecule has 0 spiro atoms. The number of phenolic OH excluding ortho intramolecular Hbond substituents is 2. The Morgan fingerprint density at radius 3 is 2.38 bits per heavy atom. The van der Waals surface area contributed by atoms with Crippen LogP contribution in [0.15, 0.2) is 18.2 Å². The third-order valence-corrected chi connectivity index (χ3v) is 2.16. The molecule has 1 aromatic rings. The summed E-state index contributed by atoms with van der Waals surface area (Å²) in [6.45, 7) is 0.0387. The Labute approximate surface area is 98.9 Å². The van der Waals surface area contributed by atoms with Crippen LogP contribution in [0, 0.1) is 5.92 Å². The zero-order chi connectivity index (χ0) is 11.4. The van der Waals surface area contributed by atoms with Crippen molar-refractivity contribution in [2.24, 2.45) is 11.7 Å². The van der Waals surface area contributed by atoms with Crippen molar-refractivity contribution in [2.45, 2.75) is 6.42 Å². The number of hydrogen-bond donors (Lipinski definition) is 4. The predicted octanol–water partition coefficient (Wildman–Crippen LogP) is 0.722. The number of aromatic hydroxyl groups is 2. The van der Waals surface area contributed by atoms with Crippen LogP contribution in [-0.4, -0.2) is 27.8 Å². The van der Waals surface area contributed by atoms with E-state index in [0.717, 1.165) is 0 Å². The summed E-state index contributed by atoms with van der Waals surface area (Å²) < 4.78 is 0. The first kappa shape index (κ1) is 14.5. The lowest BCUT2D eigenvalue weighted by Crippen LogP contribution is -2.25. The van der Waals surface area contributed by atoms with Gasteiger partial charge in [-0.2, -0.15) is 0 Å². The molecule has 1 atom stereocenters. The largest absolute Gasteiger partial charge is 0.504 e. The maximum atomic E-state index is 10.7. The fraction of sp³-hybridized carbons (Fsp3) is 0.300. The number of carbonyl (C=O) groups is 1. The lowest BCUT2D eigenvalue weighted by Gasteiger charge is -2.09. The summed E-state index contributed by atoms with van der Waals surface area (Å²) in [5.41, 5.74) is 5.92. The molecule has 0 saturated carbocycles. The Morgan fingerprint density at radius 1 is 1.31 bits per heavy atom. The molecule has 0 heterocycles. The van der Waals surface area contributed by atoms with Gasteiger partial charge in [-0.3, -0.25) is 4.79 Å². The first-order chi connectivity index (χ1) is 7.04. The maximum Gasteiger partial charge on any atom is 0.308 e. The van der Waals surface area contributed by atoms with Gasteiger partial charge in [-0.15, -0.1) is 12.4 Å². The van der Waals surface area contributed by atoms with Gasteiger partial charge in [0.2, 0.25) is 0 Å². The van der Waals surface area contributed by atoms with Crippen molar-refractivity contribution in [2.75, 3.05) is 6.54 Å². The van der Waals surface area contributed by atoms with E-state index in [1.165, 1.54) is 12.1 Å². The van der Waals surface area contributed by atoms with Crippen molar-refractivity contribution in [3.05, 3.63) is 23.8 Å². The number of hydrogen-bond acceptors (Lipinski definition) is 4. The molecule has 0 aliphatic carbocycles. The van der Waals surface area contributed by atoms with Crippen molar-refractivity contribution in [1.82, 2.24) is 0 Å². The second kappa shape index (κ2) is 6.19. The molecule has 0 amide bonds. The zero-order valence-electron chi connectivity index (χ0n) is 8.46. The summed E-state index contributed by atoms with van der Waals surface area (Å²) in [6.07, 6.45) is 0.236. The summed E-state index contributed by atoms with van der Waals surface area (Å²) in [7, 11) is 0. The smallest absolute Gasteiger partial charge is 0.308 e. The van der Waals surface area contributed by atoms with Crippen LogP contribution in [-0.2, 0) is 11.2 Å². The van der Waals surface area contributed by atoms with Crippen molar-refractivity contribution < 1.29 is 20.1 Å². The molecule has 0 radical (unpaired) electrons. The summed E-state index contributed by atoms with van der Waals surface area (Å²) in [6, 6.07) is 4.21. The SMILES string of the molecule is Cl.NC[C@@H](Cc1ccc(O)c(O)c1)C(=O)O. The van der Waals surface area contributed by atoms with Crippen LogP contribution < -0.4 is 5.73 Å². The molecule has 0 unspecified atom stereocenters. The fourth-order valence-corrected chi connectivity index (χ4v) is 1.25. The first-order valence-corrected chi connectivity index (χ1v) is 4.48. The highest BCUT2D eigenvalue weighted by atomic mass is 35.5. The second-order valence-electron chi connectivity index (χ2n) is 3.30. The Bertz CT molecular complexity index is 370. The average Bonchev–Trinajstić information content (AvgIpc) is 2.19. The molecule has 1 aromatic carbocycles. The summed E-state index contributed by atoms with van der Waals surface area (Å²) in [5, 5.41) is 27.0. The fourth-order valence-electron chi connectivity index (χ4n) is 1.25. The van der Waals surface area contributed by atoms with Gasteiger partial charge >= 0.3 is 5.97 Å². The molecule has 0 aromatic heterocycles. The Hall–Kier alpha value is -1.46. The number of rotatable bonds is 4. The number of halogens is 1. The van der Waals surface area contributed by atoms with Crippen LogP contribution in [0.3, 0.4) is 0 Å². The maximum absolute atomic E-state index is 10.7. The quantitative estimate of drug-likeness (QED) is 0.587. The number of aliphatic carboxylic acids is 1. The van der Waals surface area contributed by atoms with Gasteiger partial charge in [-0.25, -0.2) is 0 Å². The monoisotopic (exact) mass is 247 g/mol.